The van der Waals surface area contributed by atoms with Crippen LogP contribution in [-0.2, 0) is 24.3 Å². The molecule has 0 aromatic heterocycles. The van der Waals surface area contributed by atoms with E-state index in [0.717, 1.165) is 0 Å². The summed E-state index contributed by atoms with van der Waals surface area (Å²) in [5.41, 5.74) is -0.637. The lowest BCUT2D eigenvalue weighted by Crippen LogP contribution is -2.43. The Bertz CT molecular complexity index is 358. The van der Waals surface area contributed by atoms with Crippen LogP contribution >= 0.6 is 0 Å². The van der Waals surface area contributed by atoms with Crippen LogP contribution in [-0.4, -0.2) is 45.0 Å². The smallest absolute Gasteiger partial charge is 0.324 e. The first-order chi connectivity index (χ1) is 8.07. The fraction of sp³-hybridized carbons (Fsp3) is 0.909. The van der Waals surface area contributed by atoms with Crippen molar-refractivity contribution in [1.82, 2.24) is 4.72 Å². The largest absolute Gasteiger partial charge is 0.459 e. The third-order valence-electron chi connectivity index (χ3n) is 1.82. The molecule has 0 radical (unpaired) electrons. The molecule has 0 heterocycles. The van der Waals surface area contributed by atoms with Gasteiger partial charge in [-0.2, -0.15) is 0 Å². The van der Waals surface area contributed by atoms with Crippen molar-refractivity contribution in [2.75, 3.05) is 19.0 Å². The number of sulfonamides is 1. The fourth-order valence-electron chi connectivity index (χ4n) is 1.08. The van der Waals surface area contributed by atoms with Gasteiger partial charge in [-0.25, -0.2) is 13.1 Å². The van der Waals surface area contributed by atoms with Crippen LogP contribution < -0.4 is 4.72 Å². The molecule has 0 aromatic carbocycles. The summed E-state index contributed by atoms with van der Waals surface area (Å²) in [5, 5.41) is 0. The van der Waals surface area contributed by atoms with Gasteiger partial charge in [-0.05, 0) is 34.6 Å². The van der Waals surface area contributed by atoms with E-state index in [0.29, 0.717) is 6.61 Å². The number of nitrogens with one attached hydrogen (secondary N) is 1. The van der Waals surface area contributed by atoms with Gasteiger partial charge in [0.1, 0.15) is 11.6 Å². The second-order valence-corrected chi connectivity index (χ2v) is 6.76. The highest BCUT2D eigenvalue weighted by molar-refractivity contribution is 7.89. The fourth-order valence-corrected chi connectivity index (χ4v) is 2.17. The highest BCUT2D eigenvalue weighted by Crippen LogP contribution is 2.08. The molecule has 0 rings (SSSR count). The van der Waals surface area contributed by atoms with Gasteiger partial charge < -0.3 is 9.47 Å². The summed E-state index contributed by atoms with van der Waals surface area (Å²) in [6.07, 6.45) is 0. The first-order valence-electron chi connectivity index (χ1n) is 5.88. The summed E-state index contributed by atoms with van der Waals surface area (Å²) in [7, 11) is -3.53. The molecule has 1 N–H and O–H groups in total. The summed E-state index contributed by atoms with van der Waals surface area (Å²) in [6.45, 7) is 8.96. The predicted octanol–water partition coefficient (Wildman–Crippen LogP) is 0.673. The quantitative estimate of drug-likeness (QED) is 0.548. The van der Waals surface area contributed by atoms with E-state index in [-0.39, 0.29) is 12.4 Å². The van der Waals surface area contributed by atoms with E-state index in [4.69, 9.17) is 9.47 Å². The minimum absolute atomic E-state index is 0.104. The van der Waals surface area contributed by atoms with Gasteiger partial charge >= 0.3 is 5.97 Å². The first-order valence-corrected chi connectivity index (χ1v) is 7.53. The van der Waals surface area contributed by atoms with Gasteiger partial charge in [-0.1, -0.05) is 0 Å². The molecule has 0 amide bonds. The molecule has 0 saturated heterocycles. The Labute approximate surface area is 109 Å². The molecular weight excluding hydrogens is 258 g/mol. The number of carbonyl (C=O) groups is 1. The van der Waals surface area contributed by atoms with E-state index < -0.39 is 27.6 Å². The van der Waals surface area contributed by atoms with Gasteiger partial charge in [0.15, 0.2) is 0 Å². The van der Waals surface area contributed by atoms with Gasteiger partial charge in [-0.15, -0.1) is 0 Å². The van der Waals surface area contributed by atoms with Crippen molar-refractivity contribution >= 4 is 16.0 Å². The highest BCUT2D eigenvalue weighted by Gasteiger charge is 2.25. The van der Waals surface area contributed by atoms with E-state index >= 15 is 0 Å². The van der Waals surface area contributed by atoms with Crippen molar-refractivity contribution in [3.8, 4) is 0 Å². The van der Waals surface area contributed by atoms with E-state index in [1.165, 1.54) is 6.92 Å². The molecule has 0 bridgehead atoms. The molecule has 0 unspecified atom stereocenters. The van der Waals surface area contributed by atoms with Gasteiger partial charge in [0.25, 0.3) is 0 Å². The van der Waals surface area contributed by atoms with Crippen LogP contribution in [0.2, 0.25) is 0 Å². The maximum absolute atomic E-state index is 11.6. The molecule has 0 aromatic rings. The van der Waals surface area contributed by atoms with Crippen molar-refractivity contribution in [2.24, 2.45) is 0 Å². The lowest BCUT2D eigenvalue weighted by atomic mass is 10.2. The van der Waals surface area contributed by atoms with Gasteiger partial charge in [0.2, 0.25) is 10.0 Å². The minimum Gasteiger partial charge on any atom is -0.459 e. The van der Waals surface area contributed by atoms with Gasteiger partial charge in [0, 0.05) is 6.61 Å². The Morgan fingerprint density at radius 1 is 1.33 bits per heavy atom. The molecule has 0 aliphatic heterocycles. The van der Waals surface area contributed by atoms with Crippen molar-refractivity contribution in [3.05, 3.63) is 0 Å². The number of hydrogen-bond acceptors (Lipinski definition) is 5. The first kappa shape index (κ1) is 17.3. The molecule has 0 fully saturated rings. The molecule has 108 valence electrons. The van der Waals surface area contributed by atoms with Crippen LogP contribution in [0.4, 0.5) is 0 Å². The maximum Gasteiger partial charge on any atom is 0.324 e. The number of carbonyl (C=O) groups excluding carboxylic acids is 1. The van der Waals surface area contributed by atoms with Crippen molar-refractivity contribution < 1.29 is 22.7 Å². The zero-order valence-corrected chi connectivity index (χ0v) is 12.5. The summed E-state index contributed by atoms with van der Waals surface area (Å²) >= 11 is 0. The second kappa shape index (κ2) is 7.06. The van der Waals surface area contributed by atoms with E-state index in [9.17, 15) is 13.2 Å². The Hall–Kier alpha value is -0.660. The van der Waals surface area contributed by atoms with Crippen LogP contribution in [0.1, 0.15) is 34.6 Å². The molecule has 0 aliphatic carbocycles. The topological polar surface area (TPSA) is 81.7 Å². The normalized spacial score (nSPS) is 14.3. The van der Waals surface area contributed by atoms with Crippen LogP contribution in [0.25, 0.3) is 0 Å². The molecule has 7 heteroatoms. The third kappa shape index (κ3) is 8.43. The predicted molar refractivity (Wildman–Crippen MR) is 68.7 cm³/mol. The molecule has 6 nitrogen and oxygen atoms in total. The Morgan fingerprint density at radius 3 is 2.33 bits per heavy atom. The van der Waals surface area contributed by atoms with Crippen LogP contribution in [0.5, 0.6) is 0 Å². The van der Waals surface area contributed by atoms with Crippen LogP contribution in [0.15, 0.2) is 0 Å². The summed E-state index contributed by atoms with van der Waals surface area (Å²) < 4.78 is 35.5. The molecule has 0 aliphatic rings. The monoisotopic (exact) mass is 281 g/mol. The Morgan fingerprint density at radius 2 is 1.89 bits per heavy atom. The number of esters is 1. The zero-order valence-electron chi connectivity index (χ0n) is 11.6. The number of ether oxygens (including phenoxy) is 2. The third-order valence-corrected chi connectivity index (χ3v) is 3.23. The summed E-state index contributed by atoms with van der Waals surface area (Å²) in [4.78, 5) is 11.6. The van der Waals surface area contributed by atoms with Crippen molar-refractivity contribution in [1.29, 1.82) is 0 Å². The zero-order chi connectivity index (χ0) is 14.4. The van der Waals surface area contributed by atoms with Crippen LogP contribution in [0.3, 0.4) is 0 Å². The van der Waals surface area contributed by atoms with Crippen molar-refractivity contribution in [2.45, 2.75) is 46.3 Å². The molecule has 1 atom stereocenters. The van der Waals surface area contributed by atoms with Crippen LogP contribution in [0, 0.1) is 0 Å². The minimum atomic E-state index is -3.53. The van der Waals surface area contributed by atoms with Crippen molar-refractivity contribution in [3.63, 3.8) is 0 Å². The standard InChI is InChI=1S/C11H23NO5S/c1-6-16-7-8-18(14,15)12-9(2)10(13)17-11(3,4)5/h9,12H,6-8H2,1-5H3/t9-/m0/s1. The summed E-state index contributed by atoms with van der Waals surface area (Å²) in [6, 6.07) is -0.907. The summed E-state index contributed by atoms with van der Waals surface area (Å²) in [5.74, 6) is -0.768. The lowest BCUT2D eigenvalue weighted by molar-refractivity contribution is -0.156. The van der Waals surface area contributed by atoms with E-state index in [2.05, 4.69) is 4.72 Å². The number of rotatable bonds is 7. The maximum atomic E-state index is 11.6. The average molecular weight is 281 g/mol. The molecule has 18 heavy (non-hydrogen) atoms. The van der Waals surface area contributed by atoms with E-state index in [1.807, 2.05) is 0 Å². The van der Waals surface area contributed by atoms with E-state index in [1.54, 1.807) is 27.7 Å². The molecule has 0 spiro atoms. The average Bonchev–Trinajstić information content (AvgIpc) is 2.14. The lowest BCUT2D eigenvalue weighted by Gasteiger charge is -2.22. The molecule has 0 saturated carbocycles. The highest BCUT2D eigenvalue weighted by atomic mass is 32.2. The SMILES string of the molecule is CCOCCS(=O)(=O)N[C@@H](C)C(=O)OC(C)(C)C. The second-order valence-electron chi connectivity index (χ2n) is 4.89. The van der Waals surface area contributed by atoms with Gasteiger partial charge in [0.05, 0.1) is 12.4 Å². The Balaban J connectivity index is 4.29. The van der Waals surface area contributed by atoms with Gasteiger partial charge in [-0.3, -0.25) is 4.79 Å². The Kier molecular flexibility index (Phi) is 6.80. The number of hydrogen-bond donors (Lipinski definition) is 1. The molecular formula is C11H23NO5S.